The number of carbonyl (C=O) groups excluding carboxylic acids is 2. The molecule has 28 heavy (non-hydrogen) atoms. The topological polar surface area (TPSA) is 69.9 Å². The SMILES string of the molecule is CC1CCN(c2ccnc(C(=O)N3CCN(C(=O)c4ccco4)CC3)c2)CC1. The van der Waals surface area contributed by atoms with Crippen molar-refractivity contribution in [3.63, 3.8) is 0 Å². The fraction of sp³-hybridized carbons (Fsp3) is 0.476. The van der Waals surface area contributed by atoms with E-state index in [1.54, 1.807) is 28.1 Å². The third kappa shape index (κ3) is 3.88. The summed E-state index contributed by atoms with van der Waals surface area (Å²) >= 11 is 0. The Balaban J connectivity index is 1.37. The molecule has 0 spiro atoms. The standard InChI is InChI=1S/C21H26N4O3/c1-16-5-8-23(9-6-16)17-4-7-22-18(15-17)20(26)24-10-12-25(13-11-24)21(27)19-3-2-14-28-19/h2-4,7,14-16H,5-6,8-13H2,1H3. The molecule has 2 aromatic heterocycles. The minimum absolute atomic E-state index is 0.0719. The van der Waals surface area contributed by atoms with Crippen molar-refractivity contribution in [1.82, 2.24) is 14.8 Å². The van der Waals surface area contributed by atoms with Gasteiger partial charge in [-0.25, -0.2) is 0 Å². The van der Waals surface area contributed by atoms with Gasteiger partial charge in [-0.1, -0.05) is 6.92 Å². The highest BCUT2D eigenvalue weighted by Gasteiger charge is 2.27. The first-order valence-corrected chi connectivity index (χ1v) is 9.95. The lowest BCUT2D eigenvalue weighted by Crippen LogP contribution is -2.50. The summed E-state index contributed by atoms with van der Waals surface area (Å²) in [4.78, 5) is 35.4. The van der Waals surface area contributed by atoms with Crippen LogP contribution in [0.15, 0.2) is 41.1 Å². The smallest absolute Gasteiger partial charge is 0.289 e. The Kier molecular flexibility index (Phi) is 5.32. The number of hydrogen-bond acceptors (Lipinski definition) is 5. The number of carbonyl (C=O) groups is 2. The summed E-state index contributed by atoms with van der Waals surface area (Å²) in [5.74, 6) is 0.901. The van der Waals surface area contributed by atoms with Gasteiger partial charge in [-0.15, -0.1) is 0 Å². The molecule has 2 aliphatic heterocycles. The average Bonchev–Trinajstić information content (AvgIpc) is 3.28. The first kappa shape index (κ1) is 18.5. The molecule has 2 aliphatic rings. The monoisotopic (exact) mass is 382 g/mol. The van der Waals surface area contributed by atoms with Crippen LogP contribution in [-0.4, -0.2) is 65.9 Å². The Bertz CT molecular complexity index is 820. The molecule has 0 unspecified atom stereocenters. The maximum absolute atomic E-state index is 12.9. The highest BCUT2D eigenvalue weighted by atomic mass is 16.3. The van der Waals surface area contributed by atoms with Crippen molar-refractivity contribution >= 4 is 17.5 Å². The van der Waals surface area contributed by atoms with Gasteiger partial charge in [0.05, 0.1) is 6.26 Å². The fourth-order valence-corrected chi connectivity index (χ4v) is 3.83. The number of aromatic nitrogens is 1. The van der Waals surface area contributed by atoms with Gasteiger partial charge in [-0.05, 0) is 43.0 Å². The molecule has 2 saturated heterocycles. The molecule has 2 fully saturated rings. The van der Waals surface area contributed by atoms with Crippen LogP contribution in [0.2, 0.25) is 0 Å². The molecule has 4 heterocycles. The van der Waals surface area contributed by atoms with Gasteiger partial charge >= 0.3 is 0 Å². The van der Waals surface area contributed by atoms with Gasteiger partial charge in [-0.3, -0.25) is 14.6 Å². The zero-order chi connectivity index (χ0) is 19.5. The second kappa shape index (κ2) is 8.04. The Morgan fingerprint density at radius 1 is 1.00 bits per heavy atom. The van der Waals surface area contributed by atoms with E-state index in [9.17, 15) is 9.59 Å². The van der Waals surface area contributed by atoms with Crippen LogP contribution in [0.1, 0.15) is 40.8 Å². The van der Waals surface area contributed by atoms with Gasteiger partial charge in [-0.2, -0.15) is 0 Å². The van der Waals surface area contributed by atoms with Gasteiger partial charge < -0.3 is 19.1 Å². The van der Waals surface area contributed by atoms with E-state index < -0.39 is 0 Å². The predicted molar refractivity (Wildman–Crippen MR) is 105 cm³/mol. The molecule has 7 nitrogen and oxygen atoms in total. The molecule has 0 aromatic carbocycles. The van der Waals surface area contributed by atoms with Crippen LogP contribution in [0.25, 0.3) is 0 Å². The Hall–Kier alpha value is -2.83. The molecule has 0 N–H and O–H groups in total. The molecule has 0 bridgehead atoms. The summed E-state index contributed by atoms with van der Waals surface area (Å²) in [5, 5.41) is 0. The van der Waals surface area contributed by atoms with Crippen LogP contribution in [0.3, 0.4) is 0 Å². The van der Waals surface area contributed by atoms with Crippen molar-refractivity contribution in [3.8, 4) is 0 Å². The quantitative estimate of drug-likeness (QED) is 0.816. The van der Waals surface area contributed by atoms with Crippen molar-refractivity contribution in [2.24, 2.45) is 5.92 Å². The first-order valence-electron chi connectivity index (χ1n) is 9.95. The molecule has 2 amide bonds. The first-order chi connectivity index (χ1) is 13.6. The molecule has 0 aliphatic carbocycles. The minimum atomic E-state index is -0.128. The maximum atomic E-state index is 12.9. The van der Waals surface area contributed by atoms with Crippen molar-refractivity contribution in [1.29, 1.82) is 0 Å². The number of hydrogen-bond donors (Lipinski definition) is 0. The summed E-state index contributed by atoms with van der Waals surface area (Å²) in [6.07, 6.45) is 5.57. The molecular weight excluding hydrogens is 356 g/mol. The fourth-order valence-electron chi connectivity index (χ4n) is 3.83. The molecule has 2 aromatic rings. The molecular formula is C21H26N4O3. The number of pyridine rings is 1. The lowest BCUT2D eigenvalue weighted by atomic mass is 9.99. The molecule has 0 saturated carbocycles. The second-order valence-electron chi connectivity index (χ2n) is 7.63. The molecule has 7 heteroatoms. The van der Waals surface area contributed by atoms with Gasteiger partial charge in [0.1, 0.15) is 5.69 Å². The number of piperazine rings is 1. The second-order valence-corrected chi connectivity index (χ2v) is 7.63. The van der Waals surface area contributed by atoms with E-state index in [2.05, 4.69) is 16.8 Å². The average molecular weight is 382 g/mol. The third-order valence-electron chi connectivity index (χ3n) is 5.70. The highest BCUT2D eigenvalue weighted by molar-refractivity contribution is 5.94. The number of anilines is 1. The lowest BCUT2D eigenvalue weighted by Gasteiger charge is -2.34. The van der Waals surface area contributed by atoms with Crippen molar-refractivity contribution < 1.29 is 14.0 Å². The van der Waals surface area contributed by atoms with E-state index in [0.29, 0.717) is 37.6 Å². The maximum Gasteiger partial charge on any atom is 0.289 e. The van der Waals surface area contributed by atoms with Crippen LogP contribution >= 0.6 is 0 Å². The van der Waals surface area contributed by atoms with E-state index in [1.165, 1.54) is 19.1 Å². The zero-order valence-corrected chi connectivity index (χ0v) is 16.2. The molecule has 148 valence electrons. The van der Waals surface area contributed by atoms with Gasteiger partial charge in [0.15, 0.2) is 5.76 Å². The van der Waals surface area contributed by atoms with Crippen LogP contribution in [0, 0.1) is 5.92 Å². The minimum Gasteiger partial charge on any atom is -0.459 e. The van der Waals surface area contributed by atoms with Crippen LogP contribution in [0.4, 0.5) is 5.69 Å². The third-order valence-corrected chi connectivity index (χ3v) is 5.70. The number of rotatable bonds is 3. The zero-order valence-electron chi connectivity index (χ0n) is 16.2. The number of piperidine rings is 1. The summed E-state index contributed by atoms with van der Waals surface area (Å²) in [7, 11) is 0. The molecule has 0 radical (unpaired) electrons. The van der Waals surface area contributed by atoms with Crippen molar-refractivity contribution in [2.45, 2.75) is 19.8 Å². The number of amides is 2. The lowest BCUT2D eigenvalue weighted by molar-refractivity contribution is 0.0515. The summed E-state index contributed by atoms with van der Waals surface area (Å²) < 4.78 is 5.18. The summed E-state index contributed by atoms with van der Waals surface area (Å²) in [6, 6.07) is 7.25. The molecule has 4 rings (SSSR count). The molecule has 0 atom stereocenters. The largest absolute Gasteiger partial charge is 0.459 e. The van der Waals surface area contributed by atoms with Gasteiger partial charge in [0, 0.05) is 51.2 Å². The van der Waals surface area contributed by atoms with Gasteiger partial charge in [0.25, 0.3) is 11.8 Å². The number of nitrogens with zero attached hydrogens (tertiary/aromatic N) is 4. The predicted octanol–water partition coefficient (Wildman–Crippen LogP) is 2.51. The van der Waals surface area contributed by atoms with E-state index in [0.717, 1.165) is 24.7 Å². The van der Waals surface area contributed by atoms with Crippen molar-refractivity contribution in [2.75, 3.05) is 44.2 Å². The number of furan rings is 1. The van der Waals surface area contributed by atoms with Gasteiger partial charge in [0.2, 0.25) is 0 Å². The van der Waals surface area contributed by atoms with E-state index in [4.69, 9.17) is 4.42 Å². The highest BCUT2D eigenvalue weighted by Crippen LogP contribution is 2.23. The van der Waals surface area contributed by atoms with E-state index in [1.807, 2.05) is 12.1 Å². The normalized spacial score (nSPS) is 18.4. The van der Waals surface area contributed by atoms with E-state index in [-0.39, 0.29) is 11.8 Å². The summed E-state index contributed by atoms with van der Waals surface area (Å²) in [6.45, 7) is 6.31. The van der Waals surface area contributed by atoms with E-state index >= 15 is 0 Å². The Morgan fingerprint density at radius 2 is 1.68 bits per heavy atom. The van der Waals surface area contributed by atoms with Crippen LogP contribution < -0.4 is 4.90 Å². The van der Waals surface area contributed by atoms with Crippen LogP contribution in [0.5, 0.6) is 0 Å². The van der Waals surface area contributed by atoms with Crippen LogP contribution in [-0.2, 0) is 0 Å². The van der Waals surface area contributed by atoms with Crippen molar-refractivity contribution in [3.05, 3.63) is 48.2 Å². The Labute approximate surface area is 164 Å². The summed E-state index contributed by atoms with van der Waals surface area (Å²) in [5.41, 5.74) is 1.54. The Morgan fingerprint density at radius 3 is 2.32 bits per heavy atom.